The third-order valence-corrected chi connectivity index (χ3v) is 10.3. The number of allylic oxidation sites excluding steroid dienone is 3. The molecule has 4 rings (SSSR count). The fourth-order valence-corrected chi connectivity index (χ4v) is 8.58. The van der Waals surface area contributed by atoms with Crippen molar-refractivity contribution in [1.29, 1.82) is 0 Å². The molecule has 4 aliphatic carbocycles. The predicted octanol–water partition coefficient (Wildman–Crippen LogP) is 4.32. The highest BCUT2D eigenvalue weighted by molar-refractivity contribution is 6.03. The molecule has 3 fully saturated rings. The van der Waals surface area contributed by atoms with Gasteiger partial charge in [-0.1, -0.05) is 25.5 Å². The number of carbonyl (C=O) groups is 2. The van der Waals surface area contributed by atoms with Gasteiger partial charge >= 0.3 is 0 Å². The van der Waals surface area contributed by atoms with Gasteiger partial charge in [0.1, 0.15) is 0 Å². The average molecular weight is 457 g/mol. The topological polar surface area (TPSA) is 69.6 Å². The lowest BCUT2D eigenvalue weighted by atomic mass is 9.45. The Morgan fingerprint density at radius 1 is 1.18 bits per heavy atom. The minimum atomic E-state index is -0.244. The van der Waals surface area contributed by atoms with Crippen molar-refractivity contribution in [1.82, 2.24) is 10.2 Å². The van der Waals surface area contributed by atoms with Crippen LogP contribution >= 0.6 is 0 Å². The zero-order chi connectivity index (χ0) is 24.3. The molecule has 4 aliphatic rings. The second kappa shape index (κ2) is 8.64. The van der Waals surface area contributed by atoms with Crippen molar-refractivity contribution in [3.05, 3.63) is 23.4 Å². The predicted molar refractivity (Wildman–Crippen MR) is 131 cm³/mol. The number of carbonyl (C=O) groups excluding carboxylic acids is 2. The largest absolute Gasteiger partial charge is 0.393 e. The van der Waals surface area contributed by atoms with Crippen LogP contribution in [0, 0.1) is 40.4 Å². The Morgan fingerprint density at radius 3 is 2.52 bits per heavy atom. The van der Waals surface area contributed by atoms with Crippen LogP contribution in [0.4, 0.5) is 0 Å². The van der Waals surface area contributed by atoms with E-state index in [2.05, 4.69) is 45.1 Å². The number of amides is 1. The molecule has 2 N–H and O–H groups in total. The zero-order valence-corrected chi connectivity index (χ0v) is 21.6. The van der Waals surface area contributed by atoms with Crippen LogP contribution in [0.1, 0.15) is 73.1 Å². The molecule has 0 radical (unpaired) electrons. The number of nitrogens with one attached hydrogen (secondary N) is 1. The average Bonchev–Trinajstić information content (AvgIpc) is 2.99. The summed E-state index contributed by atoms with van der Waals surface area (Å²) in [6.45, 7) is 10.8. The van der Waals surface area contributed by atoms with Gasteiger partial charge in [0.25, 0.3) is 0 Å². The van der Waals surface area contributed by atoms with E-state index in [-0.39, 0.29) is 34.5 Å². The summed E-state index contributed by atoms with van der Waals surface area (Å²) in [7, 11) is 4.25. The Bertz CT molecular complexity index is 872. The molecule has 0 heterocycles. The lowest BCUT2D eigenvalue weighted by molar-refractivity contribution is -0.141. The first kappa shape index (κ1) is 24.7. The van der Waals surface area contributed by atoms with Gasteiger partial charge in [-0.15, -0.1) is 0 Å². The molecule has 5 nitrogen and oxygen atoms in total. The van der Waals surface area contributed by atoms with Crippen molar-refractivity contribution in [3.8, 4) is 0 Å². The van der Waals surface area contributed by atoms with E-state index < -0.39 is 0 Å². The van der Waals surface area contributed by atoms with Crippen molar-refractivity contribution in [3.63, 3.8) is 0 Å². The molecule has 0 saturated heterocycles. The monoisotopic (exact) mass is 456 g/mol. The highest BCUT2D eigenvalue weighted by atomic mass is 16.3. The first-order valence-electron chi connectivity index (χ1n) is 12.9. The van der Waals surface area contributed by atoms with Crippen LogP contribution in [0.5, 0.6) is 0 Å². The summed E-state index contributed by atoms with van der Waals surface area (Å²) in [5, 5.41) is 14.0. The van der Waals surface area contributed by atoms with Crippen molar-refractivity contribution >= 4 is 11.7 Å². The van der Waals surface area contributed by atoms with E-state index in [1.165, 1.54) is 0 Å². The van der Waals surface area contributed by atoms with Gasteiger partial charge in [0.15, 0.2) is 5.78 Å². The Hall–Kier alpha value is -1.46. The van der Waals surface area contributed by atoms with Crippen LogP contribution in [0.2, 0.25) is 0 Å². The van der Waals surface area contributed by atoms with E-state index in [0.717, 1.165) is 44.1 Å². The number of fused-ring (bicyclic) bond motifs is 5. The van der Waals surface area contributed by atoms with Crippen LogP contribution in [0.25, 0.3) is 0 Å². The number of hydrogen-bond acceptors (Lipinski definition) is 4. The molecule has 0 aromatic carbocycles. The minimum absolute atomic E-state index is 0.0158. The fraction of sp³-hybridized carbons (Fsp3) is 0.786. The number of ketones is 1. The van der Waals surface area contributed by atoms with Gasteiger partial charge in [0, 0.05) is 24.0 Å². The van der Waals surface area contributed by atoms with Gasteiger partial charge in [-0.2, -0.15) is 0 Å². The first-order valence-corrected chi connectivity index (χ1v) is 12.9. The van der Waals surface area contributed by atoms with Gasteiger partial charge in [0.05, 0.1) is 11.8 Å². The van der Waals surface area contributed by atoms with Crippen LogP contribution in [-0.2, 0) is 9.59 Å². The van der Waals surface area contributed by atoms with E-state index in [1.807, 2.05) is 19.9 Å². The number of rotatable bonds is 4. The van der Waals surface area contributed by atoms with Crippen molar-refractivity contribution in [2.75, 3.05) is 14.1 Å². The number of aliphatic hydroxyl groups is 1. The third-order valence-electron chi connectivity index (χ3n) is 10.3. The van der Waals surface area contributed by atoms with E-state index in [1.54, 1.807) is 6.08 Å². The Morgan fingerprint density at radius 2 is 1.88 bits per heavy atom. The minimum Gasteiger partial charge on any atom is -0.393 e. The maximum absolute atomic E-state index is 13.5. The fourth-order valence-electron chi connectivity index (χ4n) is 8.58. The van der Waals surface area contributed by atoms with Crippen molar-refractivity contribution in [2.45, 2.75) is 85.3 Å². The first-order chi connectivity index (χ1) is 15.4. The Kier molecular flexibility index (Phi) is 6.46. The van der Waals surface area contributed by atoms with E-state index in [4.69, 9.17) is 0 Å². The lowest BCUT2D eigenvalue weighted by Crippen LogP contribution is -2.56. The molecule has 184 valence electrons. The highest BCUT2D eigenvalue weighted by Crippen LogP contribution is 2.67. The number of hydrogen-bond donors (Lipinski definition) is 2. The number of nitrogens with zero attached hydrogens (tertiary/aromatic N) is 1. The highest BCUT2D eigenvalue weighted by Gasteiger charge is 2.63. The maximum atomic E-state index is 13.5. The molecule has 0 aromatic rings. The molecule has 1 amide bonds. The molecule has 0 aromatic heterocycles. The summed E-state index contributed by atoms with van der Waals surface area (Å²) < 4.78 is 0. The Labute approximate surface area is 200 Å². The van der Waals surface area contributed by atoms with Crippen LogP contribution < -0.4 is 5.32 Å². The van der Waals surface area contributed by atoms with Gasteiger partial charge < -0.3 is 15.3 Å². The van der Waals surface area contributed by atoms with Crippen LogP contribution in [0.15, 0.2) is 23.4 Å². The van der Waals surface area contributed by atoms with Crippen molar-refractivity contribution in [2.24, 2.45) is 40.4 Å². The van der Waals surface area contributed by atoms with Gasteiger partial charge in [0.2, 0.25) is 5.91 Å². The molecule has 33 heavy (non-hydrogen) atoms. The number of aliphatic hydroxyl groups excluding tert-OH is 1. The molecule has 3 saturated carbocycles. The molecule has 9 atom stereocenters. The number of Topliss-reactive ketones (excluding diaryl/α,β-unsaturated/α-hetero) is 1. The summed E-state index contributed by atoms with van der Waals surface area (Å²) in [4.78, 5) is 28.0. The molecule has 0 aliphatic heterocycles. The zero-order valence-electron chi connectivity index (χ0n) is 21.6. The molecule has 1 unspecified atom stereocenters. The van der Waals surface area contributed by atoms with Gasteiger partial charge in [-0.05, 0) is 102 Å². The molecule has 0 bridgehead atoms. The van der Waals surface area contributed by atoms with Gasteiger partial charge in [-0.25, -0.2) is 0 Å². The van der Waals surface area contributed by atoms with Crippen molar-refractivity contribution < 1.29 is 14.7 Å². The van der Waals surface area contributed by atoms with Crippen LogP contribution in [-0.4, -0.2) is 47.9 Å². The SMILES string of the molecule is CC(C)=CC(=O)NC1=CC[C@@]2(C)C(CC[C@H]3[C@@H]4C[C@H](O)[C@H]([C@H](C)N(C)C)[C@@]4(C)CC[C@@H]32)C1=O. The second-order valence-corrected chi connectivity index (χ2v) is 12.5. The lowest BCUT2D eigenvalue weighted by Gasteiger charge is -2.59. The molecule has 0 spiro atoms. The molecule has 5 heteroatoms. The van der Waals surface area contributed by atoms with Gasteiger partial charge in [-0.3, -0.25) is 9.59 Å². The quantitative estimate of drug-likeness (QED) is 0.618. The summed E-state index contributed by atoms with van der Waals surface area (Å²) in [6.07, 6.45) is 9.26. The van der Waals surface area contributed by atoms with E-state index in [0.29, 0.717) is 35.4 Å². The van der Waals surface area contributed by atoms with E-state index in [9.17, 15) is 14.7 Å². The summed E-state index contributed by atoms with van der Waals surface area (Å²) in [5.41, 5.74) is 1.52. The van der Waals surface area contributed by atoms with E-state index >= 15 is 0 Å². The molecular formula is C28H44N2O3. The normalized spacial score (nSPS) is 43.2. The smallest absolute Gasteiger partial charge is 0.248 e. The third kappa shape index (κ3) is 3.93. The maximum Gasteiger partial charge on any atom is 0.248 e. The summed E-state index contributed by atoms with van der Waals surface area (Å²) >= 11 is 0. The standard InChI is InChI=1S/C28H44N2O3/c1-16(2)14-24(32)29-22-11-13-27(4)19-10-12-28(5)21(18(19)8-9-20(27)26(22)33)15-23(31)25(28)17(3)30(6)7/h11,14,17-21,23,25,31H,8-10,12-13,15H2,1-7H3,(H,29,32)/t17-,18+,19-,20?,21-,23-,25-,27+,28-/m0/s1. The Balaban J connectivity index is 1.58. The van der Waals surface area contributed by atoms with Crippen LogP contribution in [0.3, 0.4) is 0 Å². The second-order valence-electron chi connectivity index (χ2n) is 12.5. The molecular weight excluding hydrogens is 412 g/mol. The summed E-state index contributed by atoms with van der Waals surface area (Å²) in [5.74, 6) is 1.80. The summed E-state index contributed by atoms with van der Waals surface area (Å²) in [6, 6.07) is 0.352.